The molecule has 2 N–H and O–H groups in total. The van der Waals surface area contributed by atoms with Crippen LogP contribution in [-0.2, 0) is 0 Å². The summed E-state index contributed by atoms with van der Waals surface area (Å²) in [6.45, 7) is 0. The summed E-state index contributed by atoms with van der Waals surface area (Å²) in [5.74, 6) is 0.406. The van der Waals surface area contributed by atoms with Gasteiger partial charge in [0.05, 0.1) is 26.6 Å². The van der Waals surface area contributed by atoms with E-state index in [1.807, 2.05) is 24.3 Å². The standard InChI is InChI=1S/C24H20Br2N4O4/c1-33-21-9-7-19(25)11-17(21)13-27-29-23(31)15-3-5-16(6-4-15)24(32)30-28-14-18-12-20(26)8-10-22(18)34-2/h3-14H,1-2H3,(H,29,31)(H,30,32)/b27-13+,28-14+. The molecule has 0 radical (unpaired) electrons. The lowest BCUT2D eigenvalue weighted by Gasteiger charge is -2.05. The van der Waals surface area contributed by atoms with E-state index in [0.717, 1.165) is 8.95 Å². The maximum Gasteiger partial charge on any atom is 0.271 e. The van der Waals surface area contributed by atoms with Crippen molar-refractivity contribution in [2.75, 3.05) is 14.2 Å². The average molecular weight is 588 g/mol. The Balaban J connectivity index is 1.59. The molecule has 0 saturated heterocycles. The molecule has 0 fully saturated rings. The molecule has 0 aliphatic heterocycles. The molecule has 3 aromatic carbocycles. The number of halogens is 2. The zero-order valence-corrected chi connectivity index (χ0v) is 21.4. The van der Waals surface area contributed by atoms with E-state index in [9.17, 15) is 9.59 Å². The third-order valence-electron chi connectivity index (χ3n) is 4.53. The molecule has 34 heavy (non-hydrogen) atoms. The molecular formula is C24H20Br2N4O4. The monoisotopic (exact) mass is 586 g/mol. The lowest BCUT2D eigenvalue weighted by molar-refractivity contribution is 0.0943. The summed E-state index contributed by atoms with van der Waals surface area (Å²) in [4.78, 5) is 24.7. The second-order valence-electron chi connectivity index (χ2n) is 6.75. The average Bonchev–Trinajstić information content (AvgIpc) is 2.84. The fourth-order valence-corrected chi connectivity index (χ4v) is 3.59. The van der Waals surface area contributed by atoms with Gasteiger partial charge in [0, 0.05) is 31.2 Å². The first-order valence-corrected chi connectivity index (χ1v) is 11.4. The van der Waals surface area contributed by atoms with Gasteiger partial charge in [0.1, 0.15) is 11.5 Å². The fourth-order valence-electron chi connectivity index (χ4n) is 2.84. The number of nitrogens with zero attached hydrogens (tertiary/aromatic N) is 2. The molecule has 0 saturated carbocycles. The maximum atomic E-state index is 12.3. The van der Waals surface area contributed by atoms with Crippen LogP contribution in [0.3, 0.4) is 0 Å². The predicted molar refractivity (Wildman–Crippen MR) is 138 cm³/mol. The van der Waals surface area contributed by atoms with Crippen LogP contribution in [0.25, 0.3) is 0 Å². The van der Waals surface area contributed by atoms with Gasteiger partial charge in [-0.05, 0) is 60.7 Å². The first-order valence-electron chi connectivity index (χ1n) is 9.85. The van der Waals surface area contributed by atoms with Gasteiger partial charge in [-0.25, -0.2) is 10.9 Å². The molecule has 2 amide bonds. The quantitative estimate of drug-likeness (QED) is 0.293. The van der Waals surface area contributed by atoms with Crippen molar-refractivity contribution in [1.82, 2.24) is 10.9 Å². The highest BCUT2D eigenvalue weighted by atomic mass is 79.9. The molecule has 10 heteroatoms. The highest BCUT2D eigenvalue weighted by molar-refractivity contribution is 9.10. The van der Waals surface area contributed by atoms with Crippen LogP contribution >= 0.6 is 31.9 Å². The van der Waals surface area contributed by atoms with Gasteiger partial charge in [0.15, 0.2) is 0 Å². The van der Waals surface area contributed by atoms with Crippen molar-refractivity contribution in [1.29, 1.82) is 0 Å². The van der Waals surface area contributed by atoms with E-state index in [0.29, 0.717) is 33.8 Å². The molecule has 3 aromatic rings. The van der Waals surface area contributed by atoms with Crippen LogP contribution < -0.4 is 20.3 Å². The van der Waals surface area contributed by atoms with E-state index in [2.05, 4.69) is 52.9 Å². The van der Waals surface area contributed by atoms with Crippen molar-refractivity contribution < 1.29 is 19.1 Å². The number of hydrazone groups is 2. The highest BCUT2D eigenvalue weighted by Gasteiger charge is 2.09. The molecule has 0 aliphatic rings. The van der Waals surface area contributed by atoms with Gasteiger partial charge in [-0.3, -0.25) is 9.59 Å². The maximum absolute atomic E-state index is 12.3. The Morgan fingerprint density at radius 2 is 1.09 bits per heavy atom. The highest BCUT2D eigenvalue weighted by Crippen LogP contribution is 2.22. The molecule has 0 atom stereocenters. The number of ether oxygens (including phenoxy) is 2. The second-order valence-corrected chi connectivity index (χ2v) is 8.58. The summed E-state index contributed by atoms with van der Waals surface area (Å²) in [6.07, 6.45) is 2.98. The largest absolute Gasteiger partial charge is 0.496 e. The van der Waals surface area contributed by atoms with E-state index in [-0.39, 0.29) is 0 Å². The Morgan fingerprint density at radius 3 is 1.44 bits per heavy atom. The Bertz CT molecular complexity index is 1150. The number of amides is 2. The van der Waals surface area contributed by atoms with Crippen LogP contribution in [0.1, 0.15) is 31.8 Å². The van der Waals surface area contributed by atoms with Crippen LogP contribution in [0.2, 0.25) is 0 Å². The first-order chi connectivity index (χ1) is 16.4. The fraction of sp³-hybridized carbons (Fsp3) is 0.0833. The van der Waals surface area contributed by atoms with E-state index in [1.165, 1.54) is 36.7 Å². The molecule has 174 valence electrons. The topological polar surface area (TPSA) is 101 Å². The Labute approximate surface area is 213 Å². The Kier molecular flexibility index (Phi) is 8.94. The molecule has 0 aromatic heterocycles. The molecule has 0 aliphatic carbocycles. The van der Waals surface area contributed by atoms with E-state index < -0.39 is 11.8 Å². The van der Waals surface area contributed by atoms with Crippen LogP contribution in [0.15, 0.2) is 79.8 Å². The first kappa shape index (κ1) is 25.1. The molecular weight excluding hydrogens is 568 g/mol. The summed E-state index contributed by atoms with van der Waals surface area (Å²) >= 11 is 6.77. The molecule has 0 bridgehead atoms. The van der Waals surface area contributed by atoms with Crippen LogP contribution in [0, 0.1) is 0 Å². The number of rotatable bonds is 8. The summed E-state index contributed by atoms with van der Waals surface area (Å²) < 4.78 is 12.2. The molecule has 0 heterocycles. The SMILES string of the molecule is COc1ccc(Br)cc1/C=N/NC(=O)c1ccc(C(=O)N/N=C/c2cc(Br)ccc2OC)cc1. The normalized spacial score (nSPS) is 10.9. The number of carbonyl (C=O) groups excluding carboxylic acids is 2. The predicted octanol–water partition coefficient (Wildman–Crippen LogP) is 4.76. The van der Waals surface area contributed by atoms with Crippen LogP contribution in [-0.4, -0.2) is 38.5 Å². The van der Waals surface area contributed by atoms with E-state index >= 15 is 0 Å². The van der Waals surface area contributed by atoms with Crippen molar-refractivity contribution in [3.8, 4) is 11.5 Å². The zero-order chi connectivity index (χ0) is 24.5. The minimum Gasteiger partial charge on any atom is -0.496 e. The van der Waals surface area contributed by atoms with Crippen LogP contribution in [0.4, 0.5) is 0 Å². The van der Waals surface area contributed by atoms with Gasteiger partial charge < -0.3 is 9.47 Å². The van der Waals surface area contributed by atoms with Crippen molar-refractivity contribution in [3.63, 3.8) is 0 Å². The molecule has 0 unspecified atom stereocenters. The van der Waals surface area contributed by atoms with Gasteiger partial charge in [-0.15, -0.1) is 0 Å². The Morgan fingerprint density at radius 1 is 0.706 bits per heavy atom. The van der Waals surface area contributed by atoms with Crippen molar-refractivity contribution >= 4 is 56.1 Å². The minimum absolute atomic E-state index is 0.345. The van der Waals surface area contributed by atoms with Crippen molar-refractivity contribution in [2.24, 2.45) is 10.2 Å². The molecule has 8 nitrogen and oxygen atoms in total. The lowest BCUT2D eigenvalue weighted by Crippen LogP contribution is -2.19. The Hall–Kier alpha value is -3.50. The number of nitrogens with one attached hydrogen (secondary N) is 2. The number of hydrogen-bond donors (Lipinski definition) is 2. The second kappa shape index (κ2) is 12.1. The van der Waals surface area contributed by atoms with Gasteiger partial charge in [-0.1, -0.05) is 31.9 Å². The summed E-state index contributed by atoms with van der Waals surface area (Å²) in [5, 5.41) is 7.95. The number of carbonyl (C=O) groups is 2. The minimum atomic E-state index is -0.419. The molecule has 0 spiro atoms. The van der Waals surface area contributed by atoms with Crippen LogP contribution in [0.5, 0.6) is 11.5 Å². The van der Waals surface area contributed by atoms with Gasteiger partial charge >= 0.3 is 0 Å². The number of hydrogen-bond acceptors (Lipinski definition) is 6. The summed E-state index contributed by atoms with van der Waals surface area (Å²) in [7, 11) is 3.11. The summed E-state index contributed by atoms with van der Waals surface area (Å²) in [5.41, 5.74) is 7.00. The van der Waals surface area contributed by atoms with E-state index in [4.69, 9.17) is 9.47 Å². The third kappa shape index (κ3) is 6.75. The smallest absolute Gasteiger partial charge is 0.271 e. The van der Waals surface area contributed by atoms with Crippen molar-refractivity contribution in [2.45, 2.75) is 0 Å². The number of benzene rings is 3. The molecule has 3 rings (SSSR count). The zero-order valence-electron chi connectivity index (χ0n) is 18.2. The summed E-state index contributed by atoms with van der Waals surface area (Å²) in [6, 6.07) is 17.0. The van der Waals surface area contributed by atoms with Crippen molar-refractivity contribution in [3.05, 3.63) is 91.9 Å². The number of methoxy groups -OCH3 is 2. The van der Waals surface area contributed by atoms with Gasteiger partial charge in [0.25, 0.3) is 11.8 Å². The third-order valence-corrected chi connectivity index (χ3v) is 5.52. The van der Waals surface area contributed by atoms with E-state index in [1.54, 1.807) is 26.4 Å². The van der Waals surface area contributed by atoms with Gasteiger partial charge in [-0.2, -0.15) is 10.2 Å². The lowest BCUT2D eigenvalue weighted by atomic mass is 10.1. The van der Waals surface area contributed by atoms with Gasteiger partial charge in [0.2, 0.25) is 0 Å².